The summed E-state index contributed by atoms with van der Waals surface area (Å²) >= 11 is 1.53. The summed E-state index contributed by atoms with van der Waals surface area (Å²) in [5.74, 6) is 1.20. The van der Waals surface area contributed by atoms with E-state index >= 15 is 0 Å². The zero-order valence-electron chi connectivity index (χ0n) is 15.4. The molecule has 0 spiro atoms. The average Bonchev–Trinajstić information content (AvgIpc) is 3.24. The van der Waals surface area contributed by atoms with Crippen LogP contribution in [0.4, 0.5) is 5.13 Å². The Balaban J connectivity index is 1.53. The molecule has 7 nitrogen and oxygen atoms in total. The molecule has 8 heteroatoms. The topological polar surface area (TPSA) is 78.3 Å². The molecule has 0 bridgehead atoms. The first-order chi connectivity index (χ1) is 13.1. The molecule has 27 heavy (non-hydrogen) atoms. The maximum absolute atomic E-state index is 12.6. The molecule has 140 valence electrons. The minimum Gasteiger partial charge on any atom is -0.497 e. The minimum atomic E-state index is -0.140. The Labute approximate surface area is 161 Å². The number of hydrogen-bond donors (Lipinski definition) is 1. The largest absolute Gasteiger partial charge is 0.497 e. The Bertz CT molecular complexity index is 1010. The molecule has 0 atom stereocenters. The fourth-order valence-electron chi connectivity index (χ4n) is 3.33. The highest BCUT2D eigenvalue weighted by atomic mass is 32.1. The number of carbonyl (C=O) groups is 1. The van der Waals surface area contributed by atoms with E-state index in [9.17, 15) is 4.79 Å². The van der Waals surface area contributed by atoms with Crippen LogP contribution >= 0.6 is 11.3 Å². The van der Waals surface area contributed by atoms with Gasteiger partial charge in [0.05, 0.1) is 32.5 Å². The average molecular weight is 384 g/mol. The number of nitrogens with zero attached hydrogens (tertiary/aromatic N) is 3. The van der Waals surface area contributed by atoms with Crippen LogP contribution in [0, 0.1) is 0 Å². The lowest BCUT2D eigenvalue weighted by Crippen LogP contribution is -2.14. The molecule has 1 aromatic carbocycles. The number of thiazole rings is 1. The van der Waals surface area contributed by atoms with Crippen LogP contribution in [0.25, 0.3) is 11.3 Å². The quantitative estimate of drug-likeness (QED) is 0.732. The van der Waals surface area contributed by atoms with Gasteiger partial charge in [-0.1, -0.05) is 0 Å². The summed E-state index contributed by atoms with van der Waals surface area (Å²) in [7, 11) is 5.13. The van der Waals surface area contributed by atoms with Crippen molar-refractivity contribution >= 4 is 22.4 Å². The SMILES string of the molecule is COc1ccc(OC)c(CC(=O)Nc2nc3c(s2)CCc2c-3cnn2C)c1. The molecule has 4 rings (SSSR count). The Hall–Kier alpha value is -2.87. The number of methoxy groups -OCH3 is 2. The van der Waals surface area contributed by atoms with Crippen molar-refractivity contribution in [1.29, 1.82) is 0 Å². The van der Waals surface area contributed by atoms with E-state index in [-0.39, 0.29) is 12.3 Å². The molecule has 0 saturated heterocycles. The number of amides is 1. The van der Waals surface area contributed by atoms with Gasteiger partial charge in [-0.25, -0.2) is 4.98 Å². The van der Waals surface area contributed by atoms with E-state index in [4.69, 9.17) is 9.47 Å². The van der Waals surface area contributed by atoms with Crippen molar-refractivity contribution in [2.24, 2.45) is 7.05 Å². The van der Waals surface area contributed by atoms with Gasteiger partial charge in [0.25, 0.3) is 0 Å². The van der Waals surface area contributed by atoms with E-state index in [2.05, 4.69) is 15.4 Å². The lowest BCUT2D eigenvalue weighted by Gasteiger charge is -2.10. The van der Waals surface area contributed by atoms with Crippen molar-refractivity contribution in [3.05, 3.63) is 40.5 Å². The van der Waals surface area contributed by atoms with Crippen LogP contribution in [0.15, 0.2) is 24.4 Å². The molecule has 0 fully saturated rings. The van der Waals surface area contributed by atoms with Crippen molar-refractivity contribution in [3.63, 3.8) is 0 Å². The fourth-order valence-corrected chi connectivity index (χ4v) is 4.32. The highest BCUT2D eigenvalue weighted by Crippen LogP contribution is 2.37. The summed E-state index contributed by atoms with van der Waals surface area (Å²) in [6.45, 7) is 0. The predicted octanol–water partition coefficient (Wildman–Crippen LogP) is 2.84. The van der Waals surface area contributed by atoms with Crippen LogP contribution in [0.1, 0.15) is 16.1 Å². The van der Waals surface area contributed by atoms with Gasteiger partial charge in [-0.3, -0.25) is 9.48 Å². The van der Waals surface area contributed by atoms with E-state index in [1.54, 1.807) is 26.4 Å². The number of aryl methyl sites for hydroxylation is 2. The molecule has 0 radical (unpaired) electrons. The standard InChI is InChI=1S/C19H20N4O3S/c1-23-14-5-7-16-18(13(14)10-20-23)22-19(27-16)21-17(24)9-11-8-12(25-2)4-6-15(11)26-3/h4,6,8,10H,5,7,9H2,1-3H3,(H,21,22,24). The third kappa shape index (κ3) is 3.28. The molecule has 0 unspecified atom stereocenters. The lowest BCUT2D eigenvalue weighted by molar-refractivity contribution is -0.115. The zero-order valence-corrected chi connectivity index (χ0v) is 16.2. The number of anilines is 1. The summed E-state index contributed by atoms with van der Waals surface area (Å²) in [6, 6.07) is 5.42. The lowest BCUT2D eigenvalue weighted by atomic mass is 10.0. The fraction of sp³-hybridized carbons (Fsp3) is 0.316. The number of fused-ring (bicyclic) bond motifs is 3. The molecule has 2 heterocycles. The van der Waals surface area contributed by atoms with Crippen molar-refractivity contribution in [1.82, 2.24) is 14.8 Å². The first-order valence-electron chi connectivity index (χ1n) is 8.60. The molecule has 0 saturated carbocycles. The van der Waals surface area contributed by atoms with Crippen molar-refractivity contribution < 1.29 is 14.3 Å². The predicted molar refractivity (Wildman–Crippen MR) is 104 cm³/mol. The third-order valence-electron chi connectivity index (χ3n) is 4.69. The van der Waals surface area contributed by atoms with E-state index in [1.807, 2.05) is 24.0 Å². The highest BCUT2D eigenvalue weighted by Gasteiger charge is 2.24. The smallest absolute Gasteiger partial charge is 0.230 e. The van der Waals surface area contributed by atoms with Gasteiger partial charge in [0.1, 0.15) is 11.5 Å². The Morgan fingerprint density at radius 1 is 1.30 bits per heavy atom. The number of rotatable bonds is 5. The second-order valence-corrected chi connectivity index (χ2v) is 7.41. The minimum absolute atomic E-state index is 0.140. The number of nitrogens with one attached hydrogen (secondary N) is 1. The van der Waals surface area contributed by atoms with Gasteiger partial charge in [-0.05, 0) is 31.0 Å². The van der Waals surface area contributed by atoms with Crippen LogP contribution in [0.2, 0.25) is 0 Å². The first kappa shape index (κ1) is 17.5. The second kappa shape index (κ2) is 7.03. The van der Waals surface area contributed by atoms with Crippen molar-refractivity contribution in [2.45, 2.75) is 19.3 Å². The molecule has 1 N–H and O–H groups in total. The normalized spacial score (nSPS) is 12.3. The molecule has 0 aliphatic heterocycles. The number of ether oxygens (including phenoxy) is 2. The molecule has 3 aromatic rings. The van der Waals surface area contributed by atoms with Crippen LogP contribution < -0.4 is 14.8 Å². The van der Waals surface area contributed by atoms with Crippen LogP contribution in [-0.4, -0.2) is 34.9 Å². The molecule has 1 aliphatic carbocycles. The van der Waals surface area contributed by atoms with Gasteiger partial charge in [0, 0.05) is 28.7 Å². The summed E-state index contributed by atoms with van der Waals surface area (Å²) in [5, 5.41) is 7.86. The number of carbonyl (C=O) groups excluding carboxylic acids is 1. The Kier molecular flexibility index (Phi) is 4.57. The monoisotopic (exact) mass is 384 g/mol. The summed E-state index contributed by atoms with van der Waals surface area (Å²) in [4.78, 5) is 18.4. The summed E-state index contributed by atoms with van der Waals surface area (Å²) < 4.78 is 12.5. The second-order valence-electron chi connectivity index (χ2n) is 6.32. The molecule has 2 aromatic heterocycles. The van der Waals surface area contributed by atoms with E-state index < -0.39 is 0 Å². The first-order valence-corrected chi connectivity index (χ1v) is 9.42. The maximum Gasteiger partial charge on any atom is 0.230 e. The van der Waals surface area contributed by atoms with Gasteiger partial charge in [-0.2, -0.15) is 5.10 Å². The molecule has 1 aliphatic rings. The van der Waals surface area contributed by atoms with Gasteiger partial charge < -0.3 is 14.8 Å². The zero-order chi connectivity index (χ0) is 19.0. The third-order valence-corrected chi connectivity index (χ3v) is 5.72. The van der Waals surface area contributed by atoms with Gasteiger partial charge in [-0.15, -0.1) is 11.3 Å². The number of hydrogen-bond acceptors (Lipinski definition) is 6. The van der Waals surface area contributed by atoms with E-state index in [1.165, 1.54) is 21.9 Å². The number of aromatic nitrogens is 3. The van der Waals surface area contributed by atoms with Gasteiger partial charge in [0.15, 0.2) is 5.13 Å². The summed E-state index contributed by atoms with van der Waals surface area (Å²) in [6.07, 6.45) is 3.89. The highest BCUT2D eigenvalue weighted by molar-refractivity contribution is 7.16. The van der Waals surface area contributed by atoms with E-state index in [0.29, 0.717) is 16.6 Å². The molecular weight excluding hydrogens is 364 g/mol. The van der Waals surface area contributed by atoms with Crippen molar-refractivity contribution in [2.75, 3.05) is 19.5 Å². The van der Waals surface area contributed by atoms with Crippen LogP contribution in [0.5, 0.6) is 11.5 Å². The van der Waals surface area contributed by atoms with Gasteiger partial charge >= 0.3 is 0 Å². The molecule has 1 amide bonds. The Morgan fingerprint density at radius 3 is 2.93 bits per heavy atom. The number of benzene rings is 1. The summed E-state index contributed by atoms with van der Waals surface area (Å²) in [5.41, 5.74) is 3.95. The van der Waals surface area contributed by atoms with Crippen LogP contribution in [0.3, 0.4) is 0 Å². The Morgan fingerprint density at radius 2 is 2.15 bits per heavy atom. The van der Waals surface area contributed by atoms with E-state index in [0.717, 1.165) is 29.7 Å². The van der Waals surface area contributed by atoms with Gasteiger partial charge in [0.2, 0.25) is 5.91 Å². The molecular formula is C19H20N4O3S. The van der Waals surface area contributed by atoms with Crippen molar-refractivity contribution in [3.8, 4) is 22.8 Å². The van der Waals surface area contributed by atoms with Crippen LogP contribution in [-0.2, 0) is 31.1 Å². The maximum atomic E-state index is 12.6.